The lowest BCUT2D eigenvalue weighted by Crippen LogP contribution is -2.46. The molecule has 0 radical (unpaired) electrons. The Morgan fingerprint density at radius 3 is 2.59 bits per heavy atom. The highest BCUT2D eigenvalue weighted by Gasteiger charge is 2.20. The number of pyridine rings is 1. The van der Waals surface area contributed by atoms with Gasteiger partial charge in [0.1, 0.15) is 5.82 Å². The van der Waals surface area contributed by atoms with Gasteiger partial charge < -0.3 is 4.90 Å². The summed E-state index contributed by atoms with van der Waals surface area (Å²) in [6, 6.07) is 10.4. The van der Waals surface area contributed by atoms with E-state index in [0.29, 0.717) is 12.4 Å². The fourth-order valence-corrected chi connectivity index (χ4v) is 4.61. The van der Waals surface area contributed by atoms with Crippen LogP contribution in [0, 0.1) is 5.82 Å². The molecule has 0 aliphatic carbocycles. The van der Waals surface area contributed by atoms with Gasteiger partial charge in [-0.05, 0) is 37.6 Å². The quantitative estimate of drug-likeness (QED) is 0.538. The number of aromatic nitrogens is 4. The minimum Gasteiger partial charge on any atom is -0.369 e. The van der Waals surface area contributed by atoms with Crippen molar-refractivity contribution in [2.24, 2.45) is 0 Å². The van der Waals surface area contributed by atoms with Crippen molar-refractivity contribution < 1.29 is 12.8 Å². The molecule has 170 valence electrons. The Morgan fingerprint density at radius 1 is 1.09 bits per heavy atom. The number of hydrogen-bond acceptors (Lipinski definition) is 7. The second kappa shape index (κ2) is 9.33. The molecule has 0 unspecified atom stereocenters. The summed E-state index contributed by atoms with van der Waals surface area (Å²) in [6.45, 7) is 7.44. The van der Waals surface area contributed by atoms with E-state index in [2.05, 4.69) is 25.1 Å². The lowest BCUT2D eigenvalue weighted by atomic mass is 10.2. The highest BCUT2D eigenvalue weighted by Crippen LogP contribution is 2.21. The van der Waals surface area contributed by atoms with Crippen molar-refractivity contribution in [1.29, 1.82) is 0 Å². The Labute approximate surface area is 187 Å². The maximum Gasteiger partial charge on any atom is 0.157 e. The molecule has 1 fully saturated rings. The highest BCUT2D eigenvalue weighted by molar-refractivity contribution is 7.91. The minimum atomic E-state index is -3.13. The zero-order valence-corrected chi connectivity index (χ0v) is 19.0. The van der Waals surface area contributed by atoms with E-state index in [1.54, 1.807) is 20.0 Å². The molecule has 1 saturated heterocycles. The van der Waals surface area contributed by atoms with Crippen molar-refractivity contribution in [3.63, 3.8) is 0 Å². The average molecular weight is 459 g/mol. The van der Waals surface area contributed by atoms with E-state index in [0.717, 1.165) is 43.1 Å². The van der Waals surface area contributed by atoms with Gasteiger partial charge in [0.05, 0.1) is 22.9 Å². The van der Waals surface area contributed by atoms with Crippen LogP contribution in [0.1, 0.15) is 25.1 Å². The Balaban J connectivity index is 1.34. The number of sulfone groups is 1. The van der Waals surface area contributed by atoms with Gasteiger partial charge >= 0.3 is 0 Å². The molecule has 10 heteroatoms. The van der Waals surface area contributed by atoms with E-state index in [9.17, 15) is 12.8 Å². The topological polar surface area (TPSA) is 84.2 Å². The van der Waals surface area contributed by atoms with Crippen molar-refractivity contribution in [1.82, 2.24) is 24.9 Å². The molecule has 1 aliphatic heterocycles. The number of benzene rings is 1. The second-order valence-electron chi connectivity index (χ2n) is 8.28. The summed E-state index contributed by atoms with van der Waals surface area (Å²) in [6.07, 6.45) is 3.17. The van der Waals surface area contributed by atoms with Crippen LogP contribution < -0.4 is 4.90 Å². The van der Waals surface area contributed by atoms with Crippen molar-refractivity contribution in [3.05, 3.63) is 65.9 Å². The standard InChI is InChI=1S/C22H27FN6O2S/c1-17(2)32(30,31)16-18-4-3-5-21(12-18)28-10-8-27(9-11-28)14-20-15-29(26-25-20)22-13-19(23)6-7-24-22/h3-7,12-13,15,17H,8-11,14,16H2,1-2H3. The predicted octanol–water partition coefficient (Wildman–Crippen LogP) is 2.45. The molecule has 0 amide bonds. The maximum atomic E-state index is 13.4. The predicted molar refractivity (Wildman–Crippen MR) is 121 cm³/mol. The fourth-order valence-electron chi connectivity index (χ4n) is 3.64. The number of anilines is 1. The normalized spacial score (nSPS) is 15.4. The first kappa shape index (κ1) is 22.3. The van der Waals surface area contributed by atoms with Crippen LogP contribution in [0.25, 0.3) is 5.82 Å². The zero-order chi connectivity index (χ0) is 22.7. The Kier molecular flexibility index (Phi) is 6.52. The summed E-state index contributed by atoms with van der Waals surface area (Å²) >= 11 is 0. The van der Waals surface area contributed by atoms with Gasteiger partial charge in [-0.3, -0.25) is 4.90 Å². The van der Waals surface area contributed by atoms with Gasteiger partial charge in [-0.25, -0.2) is 22.5 Å². The lowest BCUT2D eigenvalue weighted by molar-refractivity contribution is 0.247. The molecule has 32 heavy (non-hydrogen) atoms. The van der Waals surface area contributed by atoms with Crippen LogP contribution in [0.3, 0.4) is 0 Å². The van der Waals surface area contributed by atoms with Crippen LogP contribution in [0.15, 0.2) is 48.8 Å². The third-order valence-corrected chi connectivity index (χ3v) is 7.77. The third-order valence-electron chi connectivity index (χ3n) is 5.60. The number of nitrogens with zero attached hydrogens (tertiary/aromatic N) is 6. The van der Waals surface area contributed by atoms with E-state index < -0.39 is 9.84 Å². The summed E-state index contributed by atoms with van der Waals surface area (Å²) < 4.78 is 39.4. The van der Waals surface area contributed by atoms with Gasteiger partial charge in [0.2, 0.25) is 0 Å². The van der Waals surface area contributed by atoms with Crippen molar-refractivity contribution in [3.8, 4) is 5.82 Å². The summed E-state index contributed by atoms with van der Waals surface area (Å²) in [5, 5.41) is 7.86. The van der Waals surface area contributed by atoms with Gasteiger partial charge in [-0.1, -0.05) is 17.3 Å². The van der Waals surface area contributed by atoms with Crippen molar-refractivity contribution in [2.45, 2.75) is 31.4 Å². The fraction of sp³-hybridized carbons (Fsp3) is 0.409. The van der Waals surface area contributed by atoms with E-state index >= 15 is 0 Å². The van der Waals surface area contributed by atoms with Gasteiger partial charge in [-0.15, -0.1) is 5.10 Å². The number of hydrogen-bond donors (Lipinski definition) is 0. The first-order chi connectivity index (χ1) is 15.3. The van der Waals surface area contributed by atoms with E-state index in [1.807, 2.05) is 24.3 Å². The molecule has 0 saturated carbocycles. The third kappa shape index (κ3) is 5.31. The summed E-state index contributed by atoms with van der Waals surface area (Å²) in [5.74, 6) is 0.0934. The van der Waals surface area contributed by atoms with Crippen molar-refractivity contribution >= 4 is 15.5 Å². The highest BCUT2D eigenvalue weighted by atomic mass is 32.2. The van der Waals surface area contributed by atoms with E-state index in [4.69, 9.17) is 0 Å². The number of piperazine rings is 1. The first-order valence-corrected chi connectivity index (χ1v) is 12.3. The number of halogens is 1. The summed E-state index contributed by atoms with van der Waals surface area (Å²) in [4.78, 5) is 8.68. The molecule has 8 nitrogen and oxygen atoms in total. The Hall–Kier alpha value is -2.85. The molecule has 1 aromatic carbocycles. The molecule has 0 bridgehead atoms. The molecule has 0 spiro atoms. The minimum absolute atomic E-state index is 0.0638. The lowest BCUT2D eigenvalue weighted by Gasteiger charge is -2.35. The molecule has 3 heterocycles. The zero-order valence-electron chi connectivity index (χ0n) is 18.2. The first-order valence-electron chi connectivity index (χ1n) is 10.6. The average Bonchev–Trinajstić information content (AvgIpc) is 3.23. The van der Waals surface area contributed by atoms with Gasteiger partial charge in [-0.2, -0.15) is 0 Å². The molecular weight excluding hydrogens is 431 g/mol. The summed E-state index contributed by atoms with van der Waals surface area (Å²) in [7, 11) is -3.13. The SMILES string of the molecule is CC(C)S(=O)(=O)Cc1cccc(N2CCN(Cc3cn(-c4cc(F)ccn4)nn3)CC2)c1. The largest absolute Gasteiger partial charge is 0.369 e. The molecular formula is C22H27FN6O2S. The van der Waals surface area contributed by atoms with E-state index in [1.165, 1.54) is 23.0 Å². The van der Waals surface area contributed by atoms with E-state index in [-0.39, 0.29) is 16.8 Å². The van der Waals surface area contributed by atoms with Crippen LogP contribution in [0.2, 0.25) is 0 Å². The number of rotatable bonds is 7. The Morgan fingerprint density at radius 2 is 1.88 bits per heavy atom. The van der Waals surface area contributed by atoms with Crippen LogP contribution in [0.5, 0.6) is 0 Å². The van der Waals surface area contributed by atoms with Crippen LogP contribution in [0.4, 0.5) is 10.1 Å². The van der Waals surface area contributed by atoms with Gasteiger partial charge in [0.25, 0.3) is 0 Å². The van der Waals surface area contributed by atoms with Crippen molar-refractivity contribution in [2.75, 3.05) is 31.1 Å². The van der Waals surface area contributed by atoms with Gasteiger partial charge in [0.15, 0.2) is 15.7 Å². The smallest absolute Gasteiger partial charge is 0.157 e. The molecule has 1 aliphatic rings. The Bertz CT molecular complexity index is 1170. The molecule has 0 N–H and O–H groups in total. The summed E-state index contributed by atoms with van der Waals surface area (Å²) in [5.41, 5.74) is 2.66. The maximum absolute atomic E-state index is 13.4. The monoisotopic (exact) mass is 458 g/mol. The molecule has 0 atom stereocenters. The molecule has 4 rings (SSSR count). The van der Waals surface area contributed by atoms with Crippen LogP contribution in [-0.4, -0.2) is 64.7 Å². The second-order valence-corrected chi connectivity index (χ2v) is 10.8. The van der Waals surface area contributed by atoms with Crippen LogP contribution >= 0.6 is 0 Å². The molecule has 2 aromatic heterocycles. The van der Waals surface area contributed by atoms with Gasteiger partial charge in [0, 0.05) is 50.7 Å². The van der Waals surface area contributed by atoms with Crippen LogP contribution in [-0.2, 0) is 22.1 Å². The molecule has 3 aromatic rings.